The van der Waals surface area contributed by atoms with Crippen LogP contribution in [-0.4, -0.2) is 5.78 Å². The summed E-state index contributed by atoms with van der Waals surface area (Å²) in [5, 5.41) is 18.3. The van der Waals surface area contributed by atoms with Gasteiger partial charge in [0.25, 0.3) is 0 Å². The van der Waals surface area contributed by atoms with E-state index >= 15 is 0 Å². The predicted octanol–water partition coefficient (Wildman–Crippen LogP) is 3.30. The highest BCUT2D eigenvalue weighted by Gasteiger charge is 2.49. The molecule has 3 heteroatoms. The molecule has 3 saturated carbocycles. The van der Waals surface area contributed by atoms with Gasteiger partial charge in [-0.25, -0.2) is 0 Å². The highest BCUT2D eigenvalue weighted by molar-refractivity contribution is 6.05. The molecule has 20 heavy (non-hydrogen) atoms. The van der Waals surface area contributed by atoms with Gasteiger partial charge in [0.1, 0.15) is 17.7 Å². The lowest BCUT2D eigenvalue weighted by molar-refractivity contribution is -0.120. The summed E-state index contributed by atoms with van der Waals surface area (Å²) in [5.74, 6) is 1.46. The monoisotopic (exact) mass is 266 g/mol. The normalized spacial score (nSPS) is 35.8. The number of hydrogen-bond acceptors (Lipinski definition) is 3. The first-order valence-corrected chi connectivity index (χ1v) is 7.45. The third kappa shape index (κ3) is 1.81. The Labute approximate surface area is 119 Å². The number of Topliss-reactive ketones (excluding diaryl/α,β-unsaturated/α-hetero) is 1. The molecule has 0 aliphatic heterocycles. The summed E-state index contributed by atoms with van der Waals surface area (Å²) in [6.45, 7) is 3.87. The van der Waals surface area contributed by atoms with Crippen molar-refractivity contribution in [2.45, 2.75) is 38.5 Å². The maximum Gasteiger partial charge on any atom is 0.166 e. The number of carbonyl (C=O) groups is 1. The number of carbonyl (C=O) groups excluding carboxylic acids is 1. The van der Waals surface area contributed by atoms with Crippen molar-refractivity contribution in [1.29, 1.82) is 10.5 Å². The molecule has 3 aliphatic carbocycles. The van der Waals surface area contributed by atoms with Gasteiger partial charge >= 0.3 is 0 Å². The standard InChI is InChI=1S/C17H18N2O/c1-10-16(13(8-18)9-19)14-6-11-4-2-3-5-12(11)7-15(14)17(10)20/h11-12,14-15H,1-7H2. The van der Waals surface area contributed by atoms with Gasteiger partial charge in [0, 0.05) is 11.5 Å². The Hall–Kier alpha value is -1.87. The van der Waals surface area contributed by atoms with E-state index in [1.807, 2.05) is 12.1 Å². The number of ketones is 1. The zero-order valence-corrected chi connectivity index (χ0v) is 11.6. The van der Waals surface area contributed by atoms with E-state index in [-0.39, 0.29) is 23.2 Å². The zero-order valence-electron chi connectivity index (χ0n) is 11.6. The minimum atomic E-state index is -0.0199. The molecular formula is C17H18N2O. The largest absolute Gasteiger partial charge is 0.294 e. The van der Waals surface area contributed by atoms with E-state index in [1.54, 1.807) is 0 Å². The van der Waals surface area contributed by atoms with Crippen LogP contribution < -0.4 is 0 Å². The first-order chi connectivity index (χ1) is 9.67. The third-order valence-electron chi connectivity index (χ3n) is 5.49. The molecule has 3 nitrogen and oxygen atoms in total. The van der Waals surface area contributed by atoms with Crippen molar-refractivity contribution in [3.05, 3.63) is 23.3 Å². The van der Waals surface area contributed by atoms with E-state index in [0.29, 0.717) is 23.0 Å². The van der Waals surface area contributed by atoms with Gasteiger partial charge in [0.2, 0.25) is 0 Å². The Morgan fingerprint density at radius 3 is 2.15 bits per heavy atom. The molecule has 0 heterocycles. The first-order valence-electron chi connectivity index (χ1n) is 7.45. The summed E-state index contributed by atoms with van der Waals surface area (Å²) in [5.41, 5.74) is 1.19. The van der Waals surface area contributed by atoms with Crippen molar-refractivity contribution < 1.29 is 4.79 Å². The van der Waals surface area contributed by atoms with E-state index in [0.717, 1.165) is 12.8 Å². The van der Waals surface area contributed by atoms with Crippen LogP contribution in [0.15, 0.2) is 23.3 Å². The number of hydrogen-bond donors (Lipinski definition) is 0. The summed E-state index contributed by atoms with van der Waals surface area (Å²) < 4.78 is 0. The molecule has 0 spiro atoms. The van der Waals surface area contributed by atoms with Gasteiger partial charge in [-0.05, 0) is 36.2 Å². The minimum Gasteiger partial charge on any atom is -0.294 e. The second-order valence-corrected chi connectivity index (χ2v) is 6.34. The van der Waals surface area contributed by atoms with Crippen molar-refractivity contribution in [1.82, 2.24) is 0 Å². The van der Waals surface area contributed by atoms with Crippen molar-refractivity contribution >= 4 is 5.78 Å². The number of rotatable bonds is 0. The molecule has 4 atom stereocenters. The quantitative estimate of drug-likeness (QED) is 0.499. The smallest absolute Gasteiger partial charge is 0.166 e. The van der Waals surface area contributed by atoms with E-state index in [1.165, 1.54) is 25.7 Å². The van der Waals surface area contributed by atoms with Crippen LogP contribution in [0.2, 0.25) is 0 Å². The molecule has 0 N–H and O–H groups in total. The van der Waals surface area contributed by atoms with Crippen LogP contribution in [0.25, 0.3) is 0 Å². The van der Waals surface area contributed by atoms with Crippen molar-refractivity contribution in [3.63, 3.8) is 0 Å². The van der Waals surface area contributed by atoms with Crippen LogP contribution in [0.4, 0.5) is 0 Å². The van der Waals surface area contributed by atoms with E-state index in [4.69, 9.17) is 10.5 Å². The SMILES string of the molecule is C=C1C(=O)C2CC3CCCCC3CC2C1=C(C#N)C#N. The molecule has 0 bridgehead atoms. The Bertz CT molecular complexity index is 571. The summed E-state index contributed by atoms with van der Waals surface area (Å²) in [4.78, 5) is 12.4. The van der Waals surface area contributed by atoms with E-state index in [2.05, 4.69) is 6.58 Å². The van der Waals surface area contributed by atoms with E-state index in [9.17, 15) is 4.79 Å². The highest BCUT2D eigenvalue weighted by atomic mass is 16.1. The molecule has 102 valence electrons. The fourth-order valence-electron chi connectivity index (χ4n) is 4.56. The third-order valence-corrected chi connectivity index (χ3v) is 5.49. The first kappa shape index (κ1) is 13.1. The molecule has 3 fully saturated rings. The van der Waals surface area contributed by atoms with Gasteiger partial charge in [-0.1, -0.05) is 32.3 Å². The van der Waals surface area contributed by atoms with E-state index < -0.39 is 0 Å². The second kappa shape index (κ2) is 4.91. The summed E-state index contributed by atoms with van der Waals surface area (Å²) in [6, 6.07) is 3.91. The average molecular weight is 266 g/mol. The zero-order chi connectivity index (χ0) is 14.3. The lowest BCUT2D eigenvalue weighted by atomic mass is 9.63. The maximum absolute atomic E-state index is 12.4. The molecule has 4 unspecified atom stereocenters. The molecule has 0 aromatic rings. The Morgan fingerprint density at radius 2 is 1.60 bits per heavy atom. The molecule has 0 radical (unpaired) electrons. The van der Waals surface area contributed by atoms with Gasteiger partial charge in [-0.2, -0.15) is 10.5 Å². The van der Waals surface area contributed by atoms with Crippen molar-refractivity contribution in [3.8, 4) is 12.1 Å². The molecule has 3 aliphatic rings. The molecule has 0 amide bonds. The Balaban J connectivity index is 1.99. The van der Waals surface area contributed by atoms with Crippen LogP contribution in [0.1, 0.15) is 38.5 Å². The number of fused-ring (bicyclic) bond motifs is 2. The Kier molecular flexibility index (Phi) is 3.22. The molecular weight excluding hydrogens is 248 g/mol. The number of nitrogens with zero attached hydrogens (tertiary/aromatic N) is 2. The van der Waals surface area contributed by atoms with Gasteiger partial charge in [0.15, 0.2) is 5.78 Å². The molecule has 0 aromatic heterocycles. The lowest BCUT2D eigenvalue weighted by Crippen LogP contribution is -2.34. The maximum atomic E-state index is 12.4. The fraction of sp³-hybridized carbons (Fsp3) is 0.588. The van der Waals surface area contributed by atoms with Crippen LogP contribution in [-0.2, 0) is 4.79 Å². The fourth-order valence-corrected chi connectivity index (χ4v) is 4.56. The van der Waals surface area contributed by atoms with Crippen LogP contribution in [0.3, 0.4) is 0 Å². The molecule has 3 rings (SSSR count). The van der Waals surface area contributed by atoms with Gasteiger partial charge in [0.05, 0.1) is 0 Å². The number of nitriles is 2. The second-order valence-electron chi connectivity index (χ2n) is 6.34. The summed E-state index contributed by atoms with van der Waals surface area (Å²) in [6.07, 6.45) is 6.91. The average Bonchev–Trinajstić information content (AvgIpc) is 2.71. The summed E-state index contributed by atoms with van der Waals surface area (Å²) in [7, 11) is 0. The van der Waals surface area contributed by atoms with Crippen LogP contribution >= 0.6 is 0 Å². The van der Waals surface area contributed by atoms with Gasteiger partial charge in [-0.3, -0.25) is 4.79 Å². The molecule has 0 aromatic carbocycles. The topological polar surface area (TPSA) is 64.7 Å². The predicted molar refractivity (Wildman–Crippen MR) is 74.1 cm³/mol. The minimum absolute atomic E-state index is 0.0199. The molecule has 0 saturated heterocycles. The summed E-state index contributed by atoms with van der Waals surface area (Å²) >= 11 is 0. The number of allylic oxidation sites excluding steroid dienone is 3. The Morgan fingerprint density at radius 1 is 1.05 bits per heavy atom. The van der Waals surface area contributed by atoms with Gasteiger partial charge in [-0.15, -0.1) is 0 Å². The van der Waals surface area contributed by atoms with Gasteiger partial charge < -0.3 is 0 Å². The van der Waals surface area contributed by atoms with Crippen molar-refractivity contribution in [2.75, 3.05) is 0 Å². The lowest BCUT2D eigenvalue weighted by Gasteiger charge is -2.41. The van der Waals surface area contributed by atoms with Crippen LogP contribution in [0.5, 0.6) is 0 Å². The van der Waals surface area contributed by atoms with Crippen molar-refractivity contribution in [2.24, 2.45) is 23.7 Å². The van der Waals surface area contributed by atoms with Crippen LogP contribution in [0, 0.1) is 46.3 Å². The highest BCUT2D eigenvalue weighted by Crippen LogP contribution is 2.53.